The van der Waals surface area contributed by atoms with Crippen LogP contribution in [-0.4, -0.2) is 37.2 Å². The fraction of sp³-hybridized carbons (Fsp3) is 0.764. The van der Waals surface area contributed by atoms with E-state index in [1.807, 2.05) is 0 Å². The minimum absolute atomic E-state index is 0.0817. The summed E-state index contributed by atoms with van der Waals surface area (Å²) in [6, 6.07) is 0. The fourth-order valence-corrected chi connectivity index (χ4v) is 9.69. The minimum atomic E-state index is -0.786. The standard InChI is InChI=1S/C72H126O6/c1-4-7-10-13-16-19-22-25-28-30-32-34-36-38-39-41-44-47-50-53-56-59-62-65-71(74)77-68-69(67-76-70(73)64-61-58-55-52-49-46-43-27-24-21-18-15-12-9-6-3)78-72(75)66-63-60-57-54-51-48-45-42-40-37-35-33-31-29-26-23-20-17-14-11-8-5-2/h7,9-10,12,16,18-19,21,25,27-28,32,34,43,69H,4-6,8,11,13-15,17,20,22-24,26,29-31,33,35-42,44-68H2,1-3H3/b10-7-,12-9-,19-16-,21-18-,28-25-,34-32-,43-27-. The first-order valence-electron chi connectivity index (χ1n) is 33.6. The predicted octanol–water partition coefficient (Wildman–Crippen LogP) is 23.1. The van der Waals surface area contributed by atoms with E-state index < -0.39 is 6.10 Å². The van der Waals surface area contributed by atoms with Gasteiger partial charge in [-0.1, -0.05) is 311 Å². The van der Waals surface area contributed by atoms with Gasteiger partial charge in [-0.15, -0.1) is 0 Å². The lowest BCUT2D eigenvalue weighted by molar-refractivity contribution is -0.167. The van der Waals surface area contributed by atoms with Crippen LogP contribution < -0.4 is 0 Å². The maximum Gasteiger partial charge on any atom is 0.306 e. The third kappa shape index (κ3) is 63.4. The summed E-state index contributed by atoms with van der Waals surface area (Å²) in [7, 11) is 0. The summed E-state index contributed by atoms with van der Waals surface area (Å²) in [5, 5.41) is 0. The smallest absolute Gasteiger partial charge is 0.306 e. The number of unbranched alkanes of at least 4 members (excludes halogenated alkanes) is 36. The minimum Gasteiger partial charge on any atom is -0.462 e. The fourth-order valence-electron chi connectivity index (χ4n) is 9.69. The van der Waals surface area contributed by atoms with Crippen LogP contribution in [0.4, 0.5) is 0 Å². The average molecular weight is 1090 g/mol. The van der Waals surface area contributed by atoms with Gasteiger partial charge in [0.2, 0.25) is 0 Å². The van der Waals surface area contributed by atoms with Gasteiger partial charge in [0.25, 0.3) is 0 Å². The molecule has 0 saturated heterocycles. The van der Waals surface area contributed by atoms with Crippen molar-refractivity contribution in [2.24, 2.45) is 0 Å². The van der Waals surface area contributed by atoms with Crippen molar-refractivity contribution >= 4 is 17.9 Å². The number of hydrogen-bond donors (Lipinski definition) is 0. The molecule has 6 nitrogen and oxygen atoms in total. The van der Waals surface area contributed by atoms with Crippen molar-refractivity contribution in [1.29, 1.82) is 0 Å². The Morgan fingerprint density at radius 2 is 0.500 bits per heavy atom. The highest BCUT2D eigenvalue weighted by Crippen LogP contribution is 2.18. The molecule has 0 N–H and O–H groups in total. The molecule has 450 valence electrons. The molecule has 0 aliphatic carbocycles. The Bertz CT molecular complexity index is 1480. The van der Waals surface area contributed by atoms with Crippen molar-refractivity contribution in [2.75, 3.05) is 13.2 Å². The van der Waals surface area contributed by atoms with Gasteiger partial charge in [-0.2, -0.15) is 0 Å². The van der Waals surface area contributed by atoms with Crippen LogP contribution in [0.2, 0.25) is 0 Å². The highest BCUT2D eigenvalue weighted by atomic mass is 16.6. The van der Waals surface area contributed by atoms with Gasteiger partial charge in [0.15, 0.2) is 6.10 Å². The number of rotatable bonds is 61. The van der Waals surface area contributed by atoms with E-state index in [0.29, 0.717) is 19.3 Å². The Labute approximate surface area is 484 Å². The van der Waals surface area contributed by atoms with Crippen molar-refractivity contribution in [2.45, 2.75) is 341 Å². The number of ether oxygens (including phenoxy) is 3. The molecular formula is C72H126O6. The highest BCUT2D eigenvalue weighted by Gasteiger charge is 2.19. The lowest BCUT2D eigenvalue weighted by atomic mass is 10.0. The van der Waals surface area contributed by atoms with E-state index in [2.05, 4.69) is 106 Å². The predicted molar refractivity (Wildman–Crippen MR) is 339 cm³/mol. The second-order valence-corrected chi connectivity index (χ2v) is 22.3. The van der Waals surface area contributed by atoms with Crippen LogP contribution in [0.15, 0.2) is 85.1 Å². The monoisotopic (exact) mass is 1090 g/mol. The summed E-state index contributed by atoms with van der Waals surface area (Å²) in [6.07, 6.45) is 87.4. The van der Waals surface area contributed by atoms with Gasteiger partial charge in [-0.3, -0.25) is 14.4 Å². The molecule has 0 heterocycles. The molecule has 0 saturated carbocycles. The molecule has 0 spiro atoms. The lowest BCUT2D eigenvalue weighted by Gasteiger charge is -2.18. The molecule has 1 atom stereocenters. The van der Waals surface area contributed by atoms with Crippen LogP contribution >= 0.6 is 0 Å². The van der Waals surface area contributed by atoms with Gasteiger partial charge >= 0.3 is 17.9 Å². The molecule has 0 radical (unpaired) electrons. The molecule has 0 aliphatic heterocycles. The SMILES string of the molecule is CC/C=C\C/C=C\C/C=C\C/C=C\CCCCCCCCCCCCC(=O)OCC(COC(=O)CCCCCCC/C=C\C/C=C\C/C=C\CC)OC(=O)CCCCCCCCCCCCCCCCCCCCCCCC. The topological polar surface area (TPSA) is 78.9 Å². The van der Waals surface area contributed by atoms with Crippen molar-refractivity contribution in [3.63, 3.8) is 0 Å². The van der Waals surface area contributed by atoms with Gasteiger partial charge in [-0.05, 0) is 89.9 Å². The second-order valence-electron chi connectivity index (χ2n) is 22.3. The average Bonchev–Trinajstić information content (AvgIpc) is 3.44. The summed E-state index contributed by atoms with van der Waals surface area (Å²) >= 11 is 0. The van der Waals surface area contributed by atoms with Crippen LogP contribution in [-0.2, 0) is 28.6 Å². The summed E-state index contributed by atoms with van der Waals surface area (Å²) in [6.45, 7) is 6.45. The summed E-state index contributed by atoms with van der Waals surface area (Å²) in [5.74, 6) is -0.885. The molecule has 0 aromatic heterocycles. The summed E-state index contributed by atoms with van der Waals surface area (Å²) < 4.78 is 17.0. The van der Waals surface area contributed by atoms with Gasteiger partial charge in [-0.25, -0.2) is 0 Å². The summed E-state index contributed by atoms with van der Waals surface area (Å²) in [5.41, 5.74) is 0. The summed E-state index contributed by atoms with van der Waals surface area (Å²) in [4.78, 5) is 38.4. The zero-order valence-electron chi connectivity index (χ0n) is 51.7. The first kappa shape index (κ1) is 74.6. The van der Waals surface area contributed by atoms with Crippen LogP contribution in [0.5, 0.6) is 0 Å². The Balaban J connectivity index is 4.33. The largest absolute Gasteiger partial charge is 0.462 e. The number of hydrogen-bond acceptors (Lipinski definition) is 6. The Hall–Kier alpha value is -3.41. The van der Waals surface area contributed by atoms with Crippen molar-refractivity contribution in [3.05, 3.63) is 85.1 Å². The van der Waals surface area contributed by atoms with Crippen LogP contribution in [0.25, 0.3) is 0 Å². The molecule has 0 amide bonds. The molecule has 6 heteroatoms. The van der Waals surface area contributed by atoms with Gasteiger partial charge in [0.1, 0.15) is 13.2 Å². The van der Waals surface area contributed by atoms with E-state index in [1.165, 1.54) is 173 Å². The molecule has 0 bridgehead atoms. The quantitative estimate of drug-likeness (QED) is 0.0261. The number of allylic oxidation sites excluding steroid dienone is 14. The van der Waals surface area contributed by atoms with E-state index in [9.17, 15) is 14.4 Å². The molecule has 1 unspecified atom stereocenters. The Kier molecular flexibility index (Phi) is 63.2. The van der Waals surface area contributed by atoms with Gasteiger partial charge in [0, 0.05) is 19.3 Å². The van der Waals surface area contributed by atoms with Gasteiger partial charge in [0.05, 0.1) is 0 Å². The maximum atomic E-state index is 12.9. The molecule has 0 fully saturated rings. The van der Waals surface area contributed by atoms with E-state index >= 15 is 0 Å². The van der Waals surface area contributed by atoms with E-state index in [1.54, 1.807) is 0 Å². The first-order chi connectivity index (χ1) is 38.5. The van der Waals surface area contributed by atoms with E-state index in [-0.39, 0.29) is 31.1 Å². The highest BCUT2D eigenvalue weighted by molar-refractivity contribution is 5.71. The molecule has 0 aliphatic rings. The third-order valence-corrected chi connectivity index (χ3v) is 14.6. The Morgan fingerprint density at radius 1 is 0.269 bits per heavy atom. The van der Waals surface area contributed by atoms with Crippen molar-refractivity contribution in [3.8, 4) is 0 Å². The molecule has 0 rings (SSSR count). The van der Waals surface area contributed by atoms with Gasteiger partial charge < -0.3 is 14.2 Å². The second kappa shape index (κ2) is 66.1. The van der Waals surface area contributed by atoms with Crippen molar-refractivity contribution < 1.29 is 28.6 Å². The normalized spacial score (nSPS) is 12.6. The third-order valence-electron chi connectivity index (χ3n) is 14.6. The zero-order chi connectivity index (χ0) is 56.4. The molecule has 78 heavy (non-hydrogen) atoms. The van der Waals surface area contributed by atoms with Crippen LogP contribution in [0.3, 0.4) is 0 Å². The van der Waals surface area contributed by atoms with Crippen molar-refractivity contribution in [1.82, 2.24) is 0 Å². The number of esters is 3. The maximum absolute atomic E-state index is 12.9. The first-order valence-corrected chi connectivity index (χ1v) is 33.6. The number of carbonyl (C=O) groups excluding carboxylic acids is 3. The molecular weight excluding hydrogens is 961 g/mol. The lowest BCUT2D eigenvalue weighted by Crippen LogP contribution is -2.30. The van der Waals surface area contributed by atoms with E-state index in [0.717, 1.165) is 122 Å². The Morgan fingerprint density at radius 3 is 0.782 bits per heavy atom. The zero-order valence-corrected chi connectivity index (χ0v) is 51.7. The van der Waals surface area contributed by atoms with Crippen LogP contribution in [0.1, 0.15) is 335 Å². The van der Waals surface area contributed by atoms with Crippen LogP contribution in [0, 0.1) is 0 Å². The number of carbonyl (C=O) groups is 3. The molecule has 0 aromatic carbocycles. The van der Waals surface area contributed by atoms with E-state index in [4.69, 9.17) is 14.2 Å². The molecule has 0 aromatic rings.